The number of nitrogens with two attached hydrogens (primary N) is 1. The molecule has 0 aromatic heterocycles. The minimum absolute atomic E-state index is 0.000525. The molecule has 0 saturated heterocycles. The molecule has 1 unspecified atom stereocenters. The maximum atomic E-state index is 10.6. The number of unbranched alkanes of at least 4 members (excludes halogenated alkanes) is 1. The third kappa shape index (κ3) is 7.30. The SMILES string of the molecule is CCCCOCCOCC(C)(N)C(=O)O. The van der Waals surface area contributed by atoms with E-state index in [1.165, 1.54) is 6.92 Å². The molecule has 0 aliphatic carbocycles. The normalized spacial score (nSPS) is 14.9. The molecule has 0 heterocycles. The molecule has 1 atom stereocenters. The zero-order valence-electron chi connectivity index (χ0n) is 9.49. The fourth-order valence-corrected chi connectivity index (χ4v) is 0.812. The molecular weight excluding hydrogens is 198 g/mol. The quantitative estimate of drug-likeness (QED) is 0.556. The van der Waals surface area contributed by atoms with Gasteiger partial charge in [0.2, 0.25) is 0 Å². The Bertz CT molecular complexity index is 182. The molecule has 0 aliphatic heterocycles. The third-order valence-corrected chi connectivity index (χ3v) is 1.90. The van der Waals surface area contributed by atoms with Crippen molar-refractivity contribution >= 4 is 5.97 Å². The molecule has 0 bridgehead atoms. The topological polar surface area (TPSA) is 81.8 Å². The highest BCUT2D eigenvalue weighted by Crippen LogP contribution is 1.99. The van der Waals surface area contributed by atoms with Gasteiger partial charge in [-0.05, 0) is 13.3 Å². The highest BCUT2D eigenvalue weighted by atomic mass is 16.5. The van der Waals surface area contributed by atoms with Gasteiger partial charge in [-0.2, -0.15) is 0 Å². The van der Waals surface area contributed by atoms with Crippen LogP contribution in [0.3, 0.4) is 0 Å². The Kier molecular flexibility index (Phi) is 7.29. The highest BCUT2D eigenvalue weighted by Gasteiger charge is 2.27. The number of rotatable bonds is 9. The summed E-state index contributed by atoms with van der Waals surface area (Å²) in [4.78, 5) is 10.6. The summed E-state index contributed by atoms with van der Waals surface area (Å²) in [5.74, 6) is -1.06. The molecule has 0 fully saturated rings. The van der Waals surface area contributed by atoms with Crippen LogP contribution >= 0.6 is 0 Å². The van der Waals surface area contributed by atoms with Crippen LogP contribution in [0.25, 0.3) is 0 Å². The van der Waals surface area contributed by atoms with E-state index in [1.807, 2.05) is 0 Å². The summed E-state index contributed by atoms with van der Waals surface area (Å²) in [5, 5.41) is 8.68. The van der Waals surface area contributed by atoms with Crippen LogP contribution in [0, 0.1) is 0 Å². The first-order chi connectivity index (χ1) is 7.00. The van der Waals surface area contributed by atoms with Crippen molar-refractivity contribution in [1.82, 2.24) is 0 Å². The Hall–Kier alpha value is -0.650. The van der Waals surface area contributed by atoms with E-state index in [-0.39, 0.29) is 6.61 Å². The average molecular weight is 219 g/mol. The van der Waals surface area contributed by atoms with Gasteiger partial charge < -0.3 is 20.3 Å². The predicted molar refractivity (Wildman–Crippen MR) is 56.8 cm³/mol. The molecule has 15 heavy (non-hydrogen) atoms. The number of ether oxygens (including phenoxy) is 2. The molecule has 3 N–H and O–H groups in total. The minimum Gasteiger partial charge on any atom is -0.480 e. The fraction of sp³-hybridized carbons (Fsp3) is 0.900. The average Bonchev–Trinajstić information content (AvgIpc) is 2.16. The first-order valence-corrected chi connectivity index (χ1v) is 5.18. The molecule has 0 rings (SSSR count). The van der Waals surface area contributed by atoms with E-state index in [9.17, 15) is 4.79 Å². The lowest BCUT2D eigenvalue weighted by molar-refractivity contribution is -0.145. The van der Waals surface area contributed by atoms with Gasteiger partial charge >= 0.3 is 5.97 Å². The van der Waals surface area contributed by atoms with Crippen molar-refractivity contribution in [1.29, 1.82) is 0 Å². The zero-order valence-corrected chi connectivity index (χ0v) is 9.49. The van der Waals surface area contributed by atoms with Gasteiger partial charge in [-0.15, -0.1) is 0 Å². The second-order valence-electron chi connectivity index (χ2n) is 3.74. The van der Waals surface area contributed by atoms with Gasteiger partial charge in [0.25, 0.3) is 0 Å². The van der Waals surface area contributed by atoms with E-state index < -0.39 is 11.5 Å². The molecule has 0 aromatic rings. The summed E-state index contributed by atoms with van der Waals surface area (Å²) < 4.78 is 10.3. The molecule has 5 nitrogen and oxygen atoms in total. The number of carboxylic acid groups (broad SMARTS) is 1. The lowest BCUT2D eigenvalue weighted by Gasteiger charge is -2.18. The summed E-state index contributed by atoms with van der Waals surface area (Å²) in [7, 11) is 0. The molecule has 5 heteroatoms. The first kappa shape index (κ1) is 14.3. The second-order valence-corrected chi connectivity index (χ2v) is 3.74. The van der Waals surface area contributed by atoms with Gasteiger partial charge in [-0.1, -0.05) is 13.3 Å². The molecule has 0 radical (unpaired) electrons. The van der Waals surface area contributed by atoms with Crippen LogP contribution in [0.1, 0.15) is 26.7 Å². The van der Waals surface area contributed by atoms with Crippen molar-refractivity contribution in [3.05, 3.63) is 0 Å². The van der Waals surface area contributed by atoms with Crippen molar-refractivity contribution in [3.63, 3.8) is 0 Å². The fourth-order valence-electron chi connectivity index (χ4n) is 0.812. The maximum absolute atomic E-state index is 10.6. The van der Waals surface area contributed by atoms with Crippen molar-refractivity contribution < 1.29 is 19.4 Å². The van der Waals surface area contributed by atoms with Crippen LogP contribution in [0.5, 0.6) is 0 Å². The van der Waals surface area contributed by atoms with E-state index in [4.69, 9.17) is 20.3 Å². The summed E-state index contributed by atoms with van der Waals surface area (Å²) in [6.45, 7) is 5.09. The third-order valence-electron chi connectivity index (χ3n) is 1.90. The van der Waals surface area contributed by atoms with Gasteiger partial charge in [0.05, 0.1) is 19.8 Å². The minimum atomic E-state index is -1.32. The van der Waals surface area contributed by atoms with Crippen LogP contribution < -0.4 is 5.73 Å². The van der Waals surface area contributed by atoms with Crippen LogP contribution in [0.2, 0.25) is 0 Å². The number of hydrogen-bond donors (Lipinski definition) is 2. The van der Waals surface area contributed by atoms with E-state index in [0.29, 0.717) is 13.2 Å². The first-order valence-electron chi connectivity index (χ1n) is 5.18. The summed E-state index contributed by atoms with van der Waals surface area (Å²) in [6.07, 6.45) is 2.13. The van der Waals surface area contributed by atoms with Crippen molar-refractivity contribution in [2.75, 3.05) is 26.4 Å². The van der Waals surface area contributed by atoms with Crippen molar-refractivity contribution in [2.24, 2.45) is 5.73 Å². The molecular formula is C10H21NO4. The van der Waals surface area contributed by atoms with Gasteiger partial charge in [0.15, 0.2) is 0 Å². The van der Waals surface area contributed by atoms with Gasteiger partial charge in [-0.3, -0.25) is 4.79 Å². The Morgan fingerprint density at radius 1 is 1.33 bits per heavy atom. The van der Waals surface area contributed by atoms with Crippen molar-refractivity contribution in [2.45, 2.75) is 32.2 Å². The highest BCUT2D eigenvalue weighted by molar-refractivity contribution is 5.77. The van der Waals surface area contributed by atoms with Crippen LogP contribution in [0.4, 0.5) is 0 Å². The Balaban J connectivity index is 3.35. The molecule has 90 valence electrons. The Morgan fingerprint density at radius 2 is 1.93 bits per heavy atom. The molecule has 0 aromatic carbocycles. The second kappa shape index (κ2) is 7.62. The van der Waals surface area contributed by atoms with Gasteiger partial charge in [0, 0.05) is 6.61 Å². The maximum Gasteiger partial charge on any atom is 0.325 e. The molecule has 0 aliphatic rings. The lowest BCUT2D eigenvalue weighted by Crippen LogP contribution is -2.49. The van der Waals surface area contributed by atoms with Gasteiger partial charge in [-0.25, -0.2) is 0 Å². The summed E-state index contributed by atoms with van der Waals surface area (Å²) in [5.41, 5.74) is 4.14. The standard InChI is InChI=1S/C10H21NO4/c1-3-4-5-14-6-7-15-8-10(2,11)9(12)13/h3-8,11H2,1-2H3,(H,12,13). The number of carbonyl (C=O) groups is 1. The predicted octanol–water partition coefficient (Wildman–Crippen LogP) is 0.622. The number of carboxylic acids is 1. The largest absolute Gasteiger partial charge is 0.480 e. The summed E-state index contributed by atoms with van der Waals surface area (Å²) in [6, 6.07) is 0. The zero-order chi connectivity index (χ0) is 11.7. The van der Waals surface area contributed by atoms with Crippen molar-refractivity contribution in [3.8, 4) is 0 Å². The van der Waals surface area contributed by atoms with E-state index >= 15 is 0 Å². The Morgan fingerprint density at radius 3 is 2.47 bits per heavy atom. The van der Waals surface area contributed by atoms with E-state index in [0.717, 1.165) is 19.4 Å². The van der Waals surface area contributed by atoms with Gasteiger partial charge in [0.1, 0.15) is 5.54 Å². The van der Waals surface area contributed by atoms with Crippen LogP contribution in [-0.4, -0.2) is 43.0 Å². The van der Waals surface area contributed by atoms with E-state index in [1.54, 1.807) is 0 Å². The van der Waals surface area contributed by atoms with Crippen LogP contribution in [-0.2, 0) is 14.3 Å². The monoisotopic (exact) mass is 219 g/mol. The lowest BCUT2D eigenvalue weighted by atomic mass is 10.1. The molecule has 0 saturated carbocycles. The summed E-state index contributed by atoms with van der Waals surface area (Å²) >= 11 is 0. The smallest absolute Gasteiger partial charge is 0.325 e. The molecule has 0 amide bonds. The van der Waals surface area contributed by atoms with Crippen LogP contribution in [0.15, 0.2) is 0 Å². The number of hydrogen-bond acceptors (Lipinski definition) is 4. The molecule has 0 spiro atoms. The Labute approximate surface area is 90.5 Å². The van der Waals surface area contributed by atoms with E-state index in [2.05, 4.69) is 6.92 Å². The number of aliphatic carboxylic acids is 1.